The fraction of sp³-hybridized carbons (Fsp3) is 0.529. The second-order valence-corrected chi connectivity index (χ2v) is 10.4. The first-order valence-corrected chi connectivity index (χ1v) is 10.3. The molecule has 2 atom stereocenters. The quantitative estimate of drug-likeness (QED) is 0.750. The molecule has 0 aliphatic heterocycles. The van der Waals surface area contributed by atoms with Crippen LogP contribution < -0.4 is 5.32 Å². The summed E-state index contributed by atoms with van der Waals surface area (Å²) in [7, 11) is -1.25. The molecule has 27 heavy (non-hydrogen) atoms. The summed E-state index contributed by atoms with van der Waals surface area (Å²) in [5.41, 5.74) is -3.06. The summed E-state index contributed by atoms with van der Waals surface area (Å²) in [5, 5.41) is 12.1. The Bertz CT molecular complexity index is 813. The molecule has 0 unspecified atom stereocenters. The lowest BCUT2D eigenvalue weighted by atomic mass is 9.99. The molecule has 1 aromatic carbocycles. The SMILES string of the molecule is CC(C)(C)[S@@](=O)CCNC(=O)C[C@](O)(c1nc2ccccc2s1)C(F)(F)F. The van der Waals surface area contributed by atoms with Crippen LogP contribution in [0.25, 0.3) is 10.2 Å². The van der Waals surface area contributed by atoms with Crippen LogP contribution in [0.15, 0.2) is 24.3 Å². The van der Waals surface area contributed by atoms with Gasteiger partial charge in [0.2, 0.25) is 11.5 Å². The lowest BCUT2D eigenvalue weighted by molar-refractivity contribution is -0.267. The van der Waals surface area contributed by atoms with Gasteiger partial charge in [-0.25, -0.2) is 4.98 Å². The second-order valence-electron chi connectivity index (χ2n) is 7.03. The minimum Gasteiger partial charge on any atom is -0.374 e. The summed E-state index contributed by atoms with van der Waals surface area (Å²) in [6.07, 6.45) is -6.29. The maximum absolute atomic E-state index is 13.6. The number of nitrogens with zero attached hydrogens (tertiary/aromatic N) is 1. The maximum Gasteiger partial charge on any atom is 0.424 e. The molecule has 0 bridgehead atoms. The van der Waals surface area contributed by atoms with Gasteiger partial charge in [-0.2, -0.15) is 13.2 Å². The van der Waals surface area contributed by atoms with E-state index in [1.807, 2.05) is 0 Å². The molecule has 0 spiro atoms. The van der Waals surface area contributed by atoms with Gasteiger partial charge in [0.25, 0.3) is 0 Å². The van der Waals surface area contributed by atoms with Gasteiger partial charge in [-0.15, -0.1) is 11.3 Å². The van der Waals surface area contributed by atoms with Crippen LogP contribution in [0.5, 0.6) is 0 Å². The number of fused-ring (bicyclic) bond motifs is 1. The van der Waals surface area contributed by atoms with Gasteiger partial charge in [0.1, 0.15) is 5.01 Å². The van der Waals surface area contributed by atoms with Gasteiger partial charge in [-0.1, -0.05) is 12.1 Å². The number of carbonyl (C=O) groups is 1. The highest BCUT2D eigenvalue weighted by Crippen LogP contribution is 2.44. The van der Waals surface area contributed by atoms with Gasteiger partial charge >= 0.3 is 6.18 Å². The van der Waals surface area contributed by atoms with E-state index in [-0.39, 0.29) is 12.3 Å². The first-order chi connectivity index (χ1) is 12.3. The van der Waals surface area contributed by atoms with Crippen molar-refractivity contribution in [2.24, 2.45) is 0 Å². The van der Waals surface area contributed by atoms with Crippen molar-refractivity contribution in [1.82, 2.24) is 10.3 Å². The number of rotatable bonds is 6. The van der Waals surface area contributed by atoms with E-state index in [0.29, 0.717) is 21.6 Å². The standard InChI is InChI=1S/C17H21F3N2O3S2/c1-15(2,3)27(25)9-8-21-13(23)10-16(24,17(18,19)20)14-22-11-6-4-5-7-12(11)26-14/h4-7,24H,8-10H2,1-3H3,(H,21,23)/t16-,27-/m0/s1. The minimum absolute atomic E-state index is 0.0451. The molecule has 0 aliphatic rings. The van der Waals surface area contributed by atoms with Crippen molar-refractivity contribution in [2.45, 2.75) is 43.7 Å². The lowest BCUT2D eigenvalue weighted by Crippen LogP contribution is -2.46. The molecule has 0 saturated heterocycles. The second kappa shape index (κ2) is 7.84. The van der Waals surface area contributed by atoms with Crippen LogP contribution in [-0.2, 0) is 21.2 Å². The molecule has 0 saturated carbocycles. The largest absolute Gasteiger partial charge is 0.424 e. The molecule has 0 radical (unpaired) electrons. The smallest absolute Gasteiger partial charge is 0.374 e. The molecule has 0 fully saturated rings. The molecule has 1 aromatic heterocycles. The Hall–Kier alpha value is -1.52. The zero-order chi connectivity index (χ0) is 20.5. The first-order valence-electron chi connectivity index (χ1n) is 8.15. The Morgan fingerprint density at radius 2 is 1.89 bits per heavy atom. The van der Waals surface area contributed by atoms with E-state index in [9.17, 15) is 27.3 Å². The third-order valence-corrected chi connectivity index (χ3v) is 6.95. The number of carbonyl (C=O) groups excluding carboxylic acids is 1. The highest BCUT2D eigenvalue weighted by Gasteiger charge is 2.58. The van der Waals surface area contributed by atoms with Crippen molar-refractivity contribution in [3.8, 4) is 0 Å². The van der Waals surface area contributed by atoms with E-state index in [4.69, 9.17) is 0 Å². The number of hydrogen-bond acceptors (Lipinski definition) is 5. The maximum atomic E-state index is 13.6. The Morgan fingerprint density at radius 1 is 1.26 bits per heavy atom. The third-order valence-electron chi connectivity index (χ3n) is 3.83. The van der Waals surface area contributed by atoms with Gasteiger partial charge < -0.3 is 10.4 Å². The van der Waals surface area contributed by atoms with Crippen LogP contribution in [0.3, 0.4) is 0 Å². The topological polar surface area (TPSA) is 79.3 Å². The molecule has 150 valence electrons. The van der Waals surface area contributed by atoms with Crippen LogP contribution in [0.1, 0.15) is 32.2 Å². The average molecular weight is 422 g/mol. The fourth-order valence-corrected chi connectivity index (χ4v) is 4.20. The number of amides is 1. The van der Waals surface area contributed by atoms with Crippen molar-refractivity contribution in [3.63, 3.8) is 0 Å². The van der Waals surface area contributed by atoms with Crippen molar-refractivity contribution in [3.05, 3.63) is 29.3 Å². The van der Waals surface area contributed by atoms with E-state index in [1.54, 1.807) is 39.0 Å². The Balaban J connectivity index is 2.14. The predicted octanol–water partition coefficient (Wildman–Crippen LogP) is 3.10. The average Bonchev–Trinajstić information content (AvgIpc) is 2.97. The van der Waals surface area contributed by atoms with Crippen LogP contribution in [0, 0.1) is 0 Å². The molecule has 0 aliphatic carbocycles. The van der Waals surface area contributed by atoms with Gasteiger partial charge in [0, 0.05) is 27.8 Å². The number of halogens is 3. The highest BCUT2D eigenvalue weighted by molar-refractivity contribution is 7.86. The van der Waals surface area contributed by atoms with Crippen molar-refractivity contribution in [2.75, 3.05) is 12.3 Å². The number of aromatic nitrogens is 1. The molecular weight excluding hydrogens is 401 g/mol. The number of benzene rings is 1. The number of alkyl halides is 3. The summed E-state index contributed by atoms with van der Waals surface area (Å²) in [4.78, 5) is 15.9. The molecular formula is C17H21F3N2O3S2. The summed E-state index contributed by atoms with van der Waals surface area (Å²) in [5.74, 6) is -0.874. The van der Waals surface area contributed by atoms with Gasteiger partial charge in [0.15, 0.2) is 0 Å². The zero-order valence-electron chi connectivity index (χ0n) is 15.1. The Morgan fingerprint density at radius 3 is 2.44 bits per heavy atom. The van der Waals surface area contributed by atoms with E-state index in [0.717, 1.165) is 0 Å². The van der Waals surface area contributed by atoms with Crippen molar-refractivity contribution >= 4 is 38.3 Å². The Kier molecular flexibility index (Phi) is 6.33. The number of thiazole rings is 1. The summed E-state index contributed by atoms with van der Waals surface area (Å²) in [6, 6.07) is 6.41. The van der Waals surface area contributed by atoms with Gasteiger partial charge in [-0.3, -0.25) is 9.00 Å². The zero-order valence-corrected chi connectivity index (χ0v) is 16.7. The summed E-state index contributed by atoms with van der Waals surface area (Å²) >= 11 is 0.695. The van der Waals surface area contributed by atoms with Crippen LogP contribution in [0.4, 0.5) is 13.2 Å². The summed E-state index contributed by atoms with van der Waals surface area (Å²) in [6.45, 7) is 5.25. The molecule has 1 amide bonds. The number of nitrogens with one attached hydrogen (secondary N) is 1. The van der Waals surface area contributed by atoms with Crippen LogP contribution in [0.2, 0.25) is 0 Å². The molecule has 10 heteroatoms. The van der Waals surface area contributed by atoms with Crippen LogP contribution >= 0.6 is 11.3 Å². The number of aliphatic hydroxyl groups is 1. The highest BCUT2D eigenvalue weighted by atomic mass is 32.2. The summed E-state index contributed by atoms with van der Waals surface area (Å²) < 4.78 is 52.6. The monoisotopic (exact) mass is 422 g/mol. The number of hydrogen-bond donors (Lipinski definition) is 2. The molecule has 2 aromatic rings. The Labute approximate surface area is 161 Å². The van der Waals surface area contributed by atoms with Gasteiger partial charge in [-0.05, 0) is 32.9 Å². The molecule has 1 heterocycles. The first kappa shape index (κ1) is 21.8. The fourth-order valence-electron chi connectivity index (χ4n) is 2.23. The van der Waals surface area contributed by atoms with Crippen molar-refractivity contribution in [1.29, 1.82) is 0 Å². The molecule has 2 rings (SSSR count). The lowest BCUT2D eigenvalue weighted by Gasteiger charge is -2.28. The molecule has 5 nitrogen and oxygen atoms in total. The van der Waals surface area contributed by atoms with Gasteiger partial charge in [0.05, 0.1) is 16.6 Å². The third kappa shape index (κ3) is 5.05. The van der Waals surface area contributed by atoms with E-state index in [1.165, 1.54) is 6.07 Å². The van der Waals surface area contributed by atoms with Crippen molar-refractivity contribution < 1.29 is 27.3 Å². The normalized spacial score (nSPS) is 16.1. The molecule has 2 N–H and O–H groups in total. The van der Waals surface area contributed by atoms with E-state index < -0.39 is 44.7 Å². The minimum atomic E-state index is -5.08. The van der Waals surface area contributed by atoms with E-state index >= 15 is 0 Å². The van der Waals surface area contributed by atoms with E-state index in [2.05, 4.69) is 10.3 Å². The van der Waals surface area contributed by atoms with Crippen LogP contribution in [-0.4, -0.2) is 43.4 Å². The predicted molar refractivity (Wildman–Crippen MR) is 100.0 cm³/mol. The number of para-hydroxylation sites is 1.